The highest BCUT2D eigenvalue weighted by molar-refractivity contribution is 7.13. The Morgan fingerprint density at radius 2 is 1.76 bits per heavy atom. The van der Waals surface area contributed by atoms with Crippen LogP contribution in [0.2, 0.25) is 0 Å². The summed E-state index contributed by atoms with van der Waals surface area (Å²) in [5.41, 5.74) is 3.10. The van der Waals surface area contributed by atoms with Gasteiger partial charge in [0.25, 0.3) is 5.91 Å². The molecule has 8 heteroatoms. The molecular weight excluding hydrogens is 446 g/mol. The summed E-state index contributed by atoms with van der Waals surface area (Å²) in [4.78, 5) is 27.3. The molecule has 7 nitrogen and oxygen atoms in total. The minimum atomic E-state index is -0.255. The number of anilines is 1. The Hall–Kier alpha value is -3.10. The van der Waals surface area contributed by atoms with Crippen molar-refractivity contribution in [2.75, 3.05) is 18.4 Å². The van der Waals surface area contributed by atoms with Crippen molar-refractivity contribution in [2.24, 2.45) is 0 Å². The largest absolute Gasteiger partial charge is 0.353 e. The van der Waals surface area contributed by atoms with E-state index in [4.69, 9.17) is 0 Å². The van der Waals surface area contributed by atoms with Gasteiger partial charge >= 0.3 is 0 Å². The molecule has 2 aromatic carbocycles. The van der Waals surface area contributed by atoms with Crippen molar-refractivity contribution in [1.82, 2.24) is 20.4 Å². The molecule has 0 bridgehead atoms. The van der Waals surface area contributed by atoms with Gasteiger partial charge in [-0.1, -0.05) is 59.9 Å². The molecule has 178 valence electrons. The fraction of sp³-hybridized carbons (Fsp3) is 0.385. The highest BCUT2D eigenvalue weighted by Gasteiger charge is 2.21. The first-order valence-electron chi connectivity index (χ1n) is 11.8. The van der Waals surface area contributed by atoms with E-state index < -0.39 is 0 Å². The molecule has 0 unspecified atom stereocenters. The van der Waals surface area contributed by atoms with Gasteiger partial charge in [0, 0.05) is 44.2 Å². The number of para-hydroxylation sites is 1. The Labute approximate surface area is 204 Å². The fourth-order valence-electron chi connectivity index (χ4n) is 4.11. The lowest BCUT2D eigenvalue weighted by Gasteiger charge is -2.32. The van der Waals surface area contributed by atoms with Gasteiger partial charge in [-0.15, -0.1) is 10.2 Å². The summed E-state index contributed by atoms with van der Waals surface area (Å²) in [6.45, 7) is 4.91. The minimum Gasteiger partial charge on any atom is -0.353 e. The first-order valence-corrected chi connectivity index (χ1v) is 12.6. The zero-order valence-electron chi connectivity index (χ0n) is 19.5. The topological polar surface area (TPSA) is 87.2 Å². The second kappa shape index (κ2) is 11.9. The van der Waals surface area contributed by atoms with E-state index in [0.29, 0.717) is 24.3 Å². The summed E-state index contributed by atoms with van der Waals surface area (Å²) in [5, 5.41) is 15.3. The summed E-state index contributed by atoms with van der Waals surface area (Å²) in [5.74, 6) is -0.169. The van der Waals surface area contributed by atoms with Crippen LogP contribution in [0, 0.1) is 6.92 Å². The molecule has 3 aromatic rings. The van der Waals surface area contributed by atoms with E-state index in [-0.39, 0.29) is 17.9 Å². The molecule has 1 aliphatic rings. The molecule has 0 radical (unpaired) electrons. The van der Waals surface area contributed by atoms with Crippen molar-refractivity contribution in [2.45, 2.75) is 51.6 Å². The second-order valence-electron chi connectivity index (χ2n) is 8.73. The molecule has 2 N–H and O–H groups in total. The summed E-state index contributed by atoms with van der Waals surface area (Å²) in [7, 11) is 0. The molecular formula is C26H31N5O2S. The number of benzene rings is 2. The molecule has 4 rings (SSSR count). The standard InChI is InChI=1S/C26H31N5O2S/c1-19-8-5-6-11-22(19)28-25(33)26-30-29-24(34-26)13-7-12-23(32)27-21-14-16-31(17-15-21)18-20-9-3-2-4-10-20/h2-6,8-11,21H,7,12-18H2,1H3,(H,27,32)(H,28,33). The van der Waals surface area contributed by atoms with Gasteiger partial charge in [-0.3, -0.25) is 14.5 Å². The Balaban J connectivity index is 1.14. The third-order valence-corrected chi connectivity index (χ3v) is 7.03. The number of piperidine rings is 1. The fourth-order valence-corrected chi connectivity index (χ4v) is 4.89. The molecule has 2 amide bonds. The second-order valence-corrected chi connectivity index (χ2v) is 9.79. The quantitative estimate of drug-likeness (QED) is 0.482. The first kappa shape index (κ1) is 24.0. The lowest BCUT2D eigenvalue weighted by Crippen LogP contribution is -2.44. The molecule has 0 saturated carbocycles. The lowest BCUT2D eigenvalue weighted by atomic mass is 10.0. The summed E-state index contributed by atoms with van der Waals surface area (Å²) in [6.07, 6.45) is 3.74. The first-order chi connectivity index (χ1) is 16.6. The van der Waals surface area contributed by atoms with Crippen molar-refractivity contribution in [3.63, 3.8) is 0 Å². The Kier molecular flexibility index (Phi) is 8.38. The van der Waals surface area contributed by atoms with Crippen LogP contribution in [0.15, 0.2) is 54.6 Å². The number of nitrogens with one attached hydrogen (secondary N) is 2. The van der Waals surface area contributed by atoms with E-state index in [0.717, 1.165) is 48.7 Å². The van der Waals surface area contributed by atoms with E-state index >= 15 is 0 Å². The van der Waals surface area contributed by atoms with Gasteiger partial charge in [0.15, 0.2) is 0 Å². The van der Waals surface area contributed by atoms with Crippen molar-refractivity contribution < 1.29 is 9.59 Å². The molecule has 1 aromatic heterocycles. The number of carbonyl (C=O) groups is 2. The van der Waals surface area contributed by atoms with Crippen molar-refractivity contribution >= 4 is 28.8 Å². The van der Waals surface area contributed by atoms with Crippen LogP contribution in [0.4, 0.5) is 5.69 Å². The Bertz CT molecular complexity index is 1090. The van der Waals surface area contributed by atoms with Crippen LogP contribution in [-0.2, 0) is 17.8 Å². The number of hydrogen-bond donors (Lipinski definition) is 2. The van der Waals surface area contributed by atoms with Crippen LogP contribution >= 0.6 is 11.3 Å². The summed E-state index contributed by atoms with van der Waals surface area (Å²) in [6, 6.07) is 18.4. The molecule has 2 heterocycles. The van der Waals surface area contributed by atoms with Gasteiger partial charge in [0.05, 0.1) is 0 Å². The number of amides is 2. The van der Waals surface area contributed by atoms with Gasteiger partial charge in [-0.25, -0.2) is 0 Å². The van der Waals surface area contributed by atoms with E-state index in [1.807, 2.05) is 37.3 Å². The zero-order chi connectivity index (χ0) is 23.8. The van der Waals surface area contributed by atoms with Crippen LogP contribution < -0.4 is 10.6 Å². The molecule has 0 aliphatic carbocycles. The Morgan fingerprint density at radius 3 is 2.53 bits per heavy atom. The van der Waals surface area contributed by atoms with Crippen molar-refractivity contribution in [1.29, 1.82) is 0 Å². The van der Waals surface area contributed by atoms with E-state index in [2.05, 4.69) is 50.0 Å². The minimum absolute atomic E-state index is 0.0866. The van der Waals surface area contributed by atoms with E-state index in [9.17, 15) is 9.59 Å². The smallest absolute Gasteiger partial charge is 0.286 e. The van der Waals surface area contributed by atoms with Crippen LogP contribution in [0.1, 0.15) is 51.6 Å². The monoisotopic (exact) mass is 477 g/mol. The SMILES string of the molecule is Cc1ccccc1NC(=O)c1nnc(CCCC(=O)NC2CCN(Cc3ccccc3)CC2)s1. The molecule has 1 aliphatic heterocycles. The van der Waals surface area contributed by atoms with Crippen LogP contribution in [0.3, 0.4) is 0 Å². The molecule has 0 spiro atoms. The number of aryl methyl sites for hydroxylation is 2. The maximum absolute atomic E-state index is 12.4. The normalized spacial score (nSPS) is 14.6. The van der Waals surface area contributed by atoms with Gasteiger partial charge in [0.2, 0.25) is 10.9 Å². The number of nitrogens with zero attached hydrogens (tertiary/aromatic N) is 3. The molecule has 0 atom stereocenters. The third-order valence-electron chi connectivity index (χ3n) is 6.05. The number of likely N-dealkylation sites (tertiary alicyclic amines) is 1. The average molecular weight is 478 g/mol. The average Bonchev–Trinajstić information content (AvgIpc) is 3.32. The number of rotatable bonds is 9. The summed E-state index contributed by atoms with van der Waals surface area (Å²) < 4.78 is 0. The van der Waals surface area contributed by atoms with Gasteiger partial charge in [-0.05, 0) is 43.4 Å². The number of aromatic nitrogens is 2. The number of carbonyl (C=O) groups excluding carboxylic acids is 2. The predicted molar refractivity (Wildman–Crippen MR) is 135 cm³/mol. The van der Waals surface area contributed by atoms with Crippen LogP contribution in [0.25, 0.3) is 0 Å². The highest BCUT2D eigenvalue weighted by atomic mass is 32.1. The van der Waals surface area contributed by atoms with Gasteiger partial charge in [-0.2, -0.15) is 0 Å². The maximum Gasteiger partial charge on any atom is 0.286 e. The van der Waals surface area contributed by atoms with Crippen LogP contribution in [0.5, 0.6) is 0 Å². The van der Waals surface area contributed by atoms with E-state index in [1.165, 1.54) is 16.9 Å². The molecule has 34 heavy (non-hydrogen) atoms. The molecule has 1 fully saturated rings. The Morgan fingerprint density at radius 1 is 1.03 bits per heavy atom. The zero-order valence-corrected chi connectivity index (χ0v) is 20.3. The van der Waals surface area contributed by atoms with Crippen molar-refractivity contribution in [3.05, 3.63) is 75.7 Å². The third kappa shape index (κ3) is 6.95. The van der Waals surface area contributed by atoms with Crippen molar-refractivity contribution in [3.8, 4) is 0 Å². The number of hydrogen-bond acceptors (Lipinski definition) is 6. The predicted octanol–water partition coefficient (Wildman–Crippen LogP) is 4.20. The summed E-state index contributed by atoms with van der Waals surface area (Å²) >= 11 is 1.28. The maximum atomic E-state index is 12.4. The molecule has 1 saturated heterocycles. The highest BCUT2D eigenvalue weighted by Crippen LogP contribution is 2.18. The van der Waals surface area contributed by atoms with Gasteiger partial charge < -0.3 is 10.6 Å². The van der Waals surface area contributed by atoms with Gasteiger partial charge in [0.1, 0.15) is 5.01 Å². The lowest BCUT2D eigenvalue weighted by molar-refractivity contribution is -0.122. The van der Waals surface area contributed by atoms with Crippen LogP contribution in [-0.4, -0.2) is 46.0 Å². The van der Waals surface area contributed by atoms with E-state index in [1.54, 1.807) is 0 Å².